The topological polar surface area (TPSA) is 24.9 Å². The number of hydrogen-bond acceptors (Lipinski definition) is 2. The fourth-order valence-corrected chi connectivity index (χ4v) is 1.16. The zero-order chi connectivity index (χ0) is 6.81. The molecule has 2 heterocycles. The molecular formula is C8H12Cl2N2. The summed E-state index contributed by atoms with van der Waals surface area (Å²) in [5.74, 6) is 0. The molecule has 0 spiro atoms. The first-order chi connectivity index (χ1) is 4.97. The van der Waals surface area contributed by atoms with E-state index in [2.05, 4.69) is 16.4 Å². The molecule has 12 heavy (non-hydrogen) atoms. The van der Waals surface area contributed by atoms with Crippen LogP contribution in [0.1, 0.15) is 18.0 Å². The van der Waals surface area contributed by atoms with E-state index in [4.69, 9.17) is 0 Å². The highest BCUT2D eigenvalue weighted by atomic mass is 35.5. The SMILES string of the molecule is Cl.Cl.c1cncc(C2CCN2)c1. The van der Waals surface area contributed by atoms with Crippen LogP contribution in [0.15, 0.2) is 24.5 Å². The van der Waals surface area contributed by atoms with Crippen molar-refractivity contribution in [3.63, 3.8) is 0 Å². The molecule has 1 aromatic heterocycles. The monoisotopic (exact) mass is 206 g/mol. The van der Waals surface area contributed by atoms with Crippen LogP contribution in [0, 0.1) is 0 Å². The molecule has 1 N–H and O–H groups in total. The maximum atomic E-state index is 4.05. The van der Waals surface area contributed by atoms with Crippen molar-refractivity contribution in [1.29, 1.82) is 0 Å². The van der Waals surface area contributed by atoms with Crippen LogP contribution in [-0.4, -0.2) is 11.5 Å². The summed E-state index contributed by atoms with van der Waals surface area (Å²) in [6.45, 7) is 1.15. The summed E-state index contributed by atoms with van der Waals surface area (Å²) in [4.78, 5) is 4.05. The predicted molar refractivity (Wildman–Crippen MR) is 54.1 cm³/mol. The Bertz CT molecular complexity index is 212. The Morgan fingerprint density at radius 3 is 2.58 bits per heavy atom. The van der Waals surface area contributed by atoms with Gasteiger partial charge in [0.1, 0.15) is 0 Å². The number of pyridine rings is 1. The van der Waals surface area contributed by atoms with Crippen LogP contribution in [0.4, 0.5) is 0 Å². The van der Waals surface area contributed by atoms with E-state index in [1.165, 1.54) is 12.0 Å². The van der Waals surface area contributed by atoms with Crippen molar-refractivity contribution in [3.8, 4) is 0 Å². The van der Waals surface area contributed by atoms with Gasteiger partial charge in [0.15, 0.2) is 0 Å². The van der Waals surface area contributed by atoms with E-state index < -0.39 is 0 Å². The van der Waals surface area contributed by atoms with Crippen molar-refractivity contribution in [2.24, 2.45) is 0 Å². The second kappa shape index (κ2) is 5.36. The second-order valence-electron chi connectivity index (χ2n) is 2.58. The average molecular weight is 207 g/mol. The first-order valence-corrected chi connectivity index (χ1v) is 3.60. The molecular weight excluding hydrogens is 195 g/mol. The molecule has 4 heteroatoms. The number of rotatable bonds is 1. The van der Waals surface area contributed by atoms with E-state index in [0.717, 1.165) is 6.54 Å². The minimum atomic E-state index is 0. The molecule has 1 unspecified atom stereocenters. The maximum absolute atomic E-state index is 4.05. The number of nitrogens with zero attached hydrogens (tertiary/aromatic N) is 1. The molecule has 0 amide bonds. The van der Waals surface area contributed by atoms with Crippen molar-refractivity contribution in [3.05, 3.63) is 30.1 Å². The molecule has 2 rings (SSSR count). The summed E-state index contributed by atoms with van der Waals surface area (Å²) in [5.41, 5.74) is 1.31. The summed E-state index contributed by atoms with van der Waals surface area (Å²) in [7, 11) is 0. The highest BCUT2D eigenvalue weighted by molar-refractivity contribution is 5.85. The maximum Gasteiger partial charge on any atom is 0.0347 e. The molecule has 1 fully saturated rings. The van der Waals surface area contributed by atoms with Crippen LogP contribution >= 0.6 is 24.8 Å². The van der Waals surface area contributed by atoms with E-state index in [1.54, 1.807) is 0 Å². The van der Waals surface area contributed by atoms with Crippen LogP contribution in [-0.2, 0) is 0 Å². The Labute approximate surface area is 84.6 Å². The third-order valence-electron chi connectivity index (χ3n) is 1.91. The van der Waals surface area contributed by atoms with Crippen LogP contribution in [0.25, 0.3) is 0 Å². The number of aromatic nitrogens is 1. The first kappa shape index (κ1) is 11.7. The lowest BCUT2D eigenvalue weighted by Gasteiger charge is -2.27. The highest BCUT2D eigenvalue weighted by Crippen LogP contribution is 2.20. The third-order valence-corrected chi connectivity index (χ3v) is 1.91. The quantitative estimate of drug-likeness (QED) is 0.761. The molecule has 0 saturated carbocycles. The molecule has 2 nitrogen and oxygen atoms in total. The van der Waals surface area contributed by atoms with Crippen molar-refractivity contribution in [1.82, 2.24) is 10.3 Å². The van der Waals surface area contributed by atoms with Crippen molar-refractivity contribution >= 4 is 24.8 Å². The van der Waals surface area contributed by atoms with Crippen LogP contribution in [0.2, 0.25) is 0 Å². The number of nitrogens with one attached hydrogen (secondary N) is 1. The number of halogens is 2. The molecule has 0 radical (unpaired) electrons. The van der Waals surface area contributed by atoms with Gasteiger partial charge in [0.25, 0.3) is 0 Å². The minimum Gasteiger partial charge on any atom is -0.310 e. The first-order valence-electron chi connectivity index (χ1n) is 3.60. The Hall–Kier alpha value is -0.310. The van der Waals surface area contributed by atoms with Crippen molar-refractivity contribution in [2.45, 2.75) is 12.5 Å². The summed E-state index contributed by atoms with van der Waals surface area (Å²) >= 11 is 0. The van der Waals surface area contributed by atoms with Gasteiger partial charge in [-0.05, 0) is 24.6 Å². The van der Waals surface area contributed by atoms with Gasteiger partial charge >= 0.3 is 0 Å². The average Bonchev–Trinajstić information content (AvgIpc) is 1.86. The van der Waals surface area contributed by atoms with Gasteiger partial charge in [0.2, 0.25) is 0 Å². The van der Waals surface area contributed by atoms with Gasteiger partial charge in [0, 0.05) is 18.4 Å². The van der Waals surface area contributed by atoms with Gasteiger partial charge in [-0.15, -0.1) is 24.8 Å². The molecule has 0 bridgehead atoms. The number of hydrogen-bond donors (Lipinski definition) is 1. The predicted octanol–water partition coefficient (Wildman–Crippen LogP) is 1.96. The fourth-order valence-electron chi connectivity index (χ4n) is 1.16. The lowest BCUT2D eigenvalue weighted by atomic mass is 10.0. The Balaban J connectivity index is 0.000000605. The van der Waals surface area contributed by atoms with Crippen molar-refractivity contribution in [2.75, 3.05) is 6.54 Å². The molecule has 1 atom stereocenters. The highest BCUT2D eigenvalue weighted by Gasteiger charge is 2.17. The lowest BCUT2D eigenvalue weighted by molar-refractivity contribution is 0.382. The van der Waals surface area contributed by atoms with Gasteiger partial charge in [-0.25, -0.2) is 0 Å². The van der Waals surface area contributed by atoms with Gasteiger partial charge in [-0.1, -0.05) is 6.07 Å². The molecule has 1 aromatic rings. The Kier molecular flexibility index (Phi) is 5.22. The molecule has 0 aromatic carbocycles. The minimum absolute atomic E-state index is 0. The van der Waals surface area contributed by atoms with Gasteiger partial charge in [0.05, 0.1) is 0 Å². The standard InChI is InChI=1S/C8H10N2.2ClH/c1-2-7(6-9-4-1)8-3-5-10-8;;/h1-2,4,6,8,10H,3,5H2;2*1H. The molecule has 1 aliphatic heterocycles. The summed E-state index contributed by atoms with van der Waals surface area (Å²) in [6.07, 6.45) is 4.99. The summed E-state index contributed by atoms with van der Waals surface area (Å²) in [6, 6.07) is 4.67. The van der Waals surface area contributed by atoms with E-state index in [0.29, 0.717) is 6.04 Å². The largest absolute Gasteiger partial charge is 0.310 e. The van der Waals surface area contributed by atoms with E-state index in [9.17, 15) is 0 Å². The summed E-state index contributed by atoms with van der Waals surface area (Å²) in [5, 5.41) is 3.32. The zero-order valence-corrected chi connectivity index (χ0v) is 8.20. The molecule has 1 aliphatic rings. The van der Waals surface area contributed by atoms with E-state index >= 15 is 0 Å². The Morgan fingerprint density at radius 2 is 2.17 bits per heavy atom. The molecule has 68 valence electrons. The second-order valence-corrected chi connectivity index (χ2v) is 2.58. The van der Waals surface area contributed by atoms with Gasteiger partial charge in [-0.3, -0.25) is 4.98 Å². The lowest BCUT2D eigenvalue weighted by Crippen LogP contribution is -2.34. The third kappa shape index (κ3) is 2.34. The van der Waals surface area contributed by atoms with Crippen LogP contribution in [0.3, 0.4) is 0 Å². The normalized spacial score (nSPS) is 19.8. The van der Waals surface area contributed by atoms with Crippen molar-refractivity contribution < 1.29 is 0 Å². The molecule has 1 saturated heterocycles. The van der Waals surface area contributed by atoms with E-state index in [-0.39, 0.29) is 24.8 Å². The van der Waals surface area contributed by atoms with E-state index in [1.807, 2.05) is 18.5 Å². The fraction of sp³-hybridized carbons (Fsp3) is 0.375. The van der Waals surface area contributed by atoms with Crippen LogP contribution in [0.5, 0.6) is 0 Å². The van der Waals surface area contributed by atoms with Gasteiger partial charge < -0.3 is 5.32 Å². The zero-order valence-electron chi connectivity index (χ0n) is 6.56. The smallest absolute Gasteiger partial charge is 0.0347 e. The van der Waals surface area contributed by atoms with Crippen LogP contribution < -0.4 is 5.32 Å². The Morgan fingerprint density at radius 1 is 1.42 bits per heavy atom. The summed E-state index contributed by atoms with van der Waals surface area (Å²) < 4.78 is 0. The molecule has 0 aliphatic carbocycles. The van der Waals surface area contributed by atoms with Gasteiger partial charge in [-0.2, -0.15) is 0 Å².